The van der Waals surface area contributed by atoms with Gasteiger partial charge in [-0.25, -0.2) is 0 Å². The van der Waals surface area contributed by atoms with Crippen LogP contribution in [0.15, 0.2) is 42.5 Å². The molecule has 2 aromatic carbocycles. The smallest absolute Gasteiger partial charge is 0.273 e. The van der Waals surface area contributed by atoms with E-state index in [1.807, 2.05) is 0 Å². The van der Waals surface area contributed by atoms with Crippen molar-refractivity contribution in [2.24, 2.45) is 0 Å². The zero-order valence-electron chi connectivity index (χ0n) is 11.4. The fraction of sp³-hybridized carbons (Fsp3) is 0. The van der Waals surface area contributed by atoms with Crippen LogP contribution in [0.5, 0.6) is 5.75 Å². The average molecular weight is 352 g/mol. The van der Waals surface area contributed by atoms with Crippen molar-refractivity contribution in [1.82, 2.24) is 5.32 Å². The maximum absolute atomic E-state index is 12.0. The van der Waals surface area contributed by atoms with Crippen LogP contribution in [0, 0.1) is 10.1 Å². The molecule has 23 heavy (non-hydrogen) atoms. The molecule has 1 amide bonds. The molecule has 7 nitrogen and oxygen atoms in total. The lowest BCUT2D eigenvalue weighted by atomic mass is 10.2. The molecule has 0 unspecified atom stereocenters. The molecule has 0 radical (unpaired) electrons. The van der Waals surface area contributed by atoms with Gasteiger partial charge in [-0.15, -0.1) is 0 Å². The number of rotatable bonds is 3. The van der Waals surface area contributed by atoms with Crippen molar-refractivity contribution in [1.29, 1.82) is 0 Å². The van der Waals surface area contributed by atoms with E-state index in [0.29, 0.717) is 10.6 Å². The molecule has 0 heterocycles. The minimum absolute atomic E-state index is 0.0703. The molecule has 118 valence electrons. The summed E-state index contributed by atoms with van der Waals surface area (Å²) < 4.78 is 0. The van der Waals surface area contributed by atoms with Crippen molar-refractivity contribution in [2.45, 2.75) is 0 Å². The van der Waals surface area contributed by atoms with E-state index in [2.05, 4.69) is 10.6 Å². The summed E-state index contributed by atoms with van der Waals surface area (Å²) >= 11 is 10.8. The highest BCUT2D eigenvalue weighted by Crippen LogP contribution is 2.27. The lowest BCUT2D eigenvalue weighted by Crippen LogP contribution is -2.34. The first-order valence-electron chi connectivity index (χ1n) is 6.22. The van der Waals surface area contributed by atoms with Gasteiger partial charge in [-0.05, 0) is 36.5 Å². The fourth-order valence-electron chi connectivity index (χ4n) is 1.70. The van der Waals surface area contributed by atoms with Gasteiger partial charge in [0.25, 0.3) is 11.6 Å². The third-order valence-corrected chi connectivity index (χ3v) is 3.19. The molecule has 0 saturated carbocycles. The number of nitrogens with zero attached hydrogens (tertiary/aromatic N) is 1. The maximum atomic E-state index is 12.0. The number of aromatic hydroxyl groups is 1. The number of hydrogen-bond donors (Lipinski definition) is 3. The van der Waals surface area contributed by atoms with E-state index in [-0.39, 0.29) is 22.2 Å². The number of nitrogens with one attached hydrogen (secondary N) is 2. The number of amides is 1. The number of carbonyl (C=O) groups excluding carboxylic acids is 1. The molecule has 0 aliphatic rings. The van der Waals surface area contributed by atoms with Crippen LogP contribution in [0.4, 0.5) is 11.4 Å². The molecular formula is C14H10ClN3O4S. The molecule has 2 aromatic rings. The Morgan fingerprint density at radius 2 is 2.00 bits per heavy atom. The summed E-state index contributed by atoms with van der Waals surface area (Å²) in [4.78, 5) is 21.9. The van der Waals surface area contributed by atoms with E-state index in [1.54, 1.807) is 18.2 Å². The number of thiocarbonyl (C=S) groups is 1. The van der Waals surface area contributed by atoms with Gasteiger partial charge in [0.15, 0.2) is 5.11 Å². The number of benzene rings is 2. The van der Waals surface area contributed by atoms with Gasteiger partial charge in [-0.2, -0.15) is 0 Å². The Balaban J connectivity index is 2.05. The van der Waals surface area contributed by atoms with E-state index >= 15 is 0 Å². The van der Waals surface area contributed by atoms with Crippen LogP contribution in [0.25, 0.3) is 0 Å². The molecule has 0 aliphatic heterocycles. The standard InChI is InChI=1S/C14H10ClN3O4S/c15-9-3-1-2-8(6-9)13(20)17-14(23)16-11-5-4-10(18(21)22)7-12(11)19/h1-7,19H,(H2,16,17,20,23). The Kier molecular flexibility index (Phi) is 5.09. The molecule has 0 saturated heterocycles. The van der Waals surface area contributed by atoms with Gasteiger partial charge >= 0.3 is 0 Å². The number of hydrogen-bond acceptors (Lipinski definition) is 5. The van der Waals surface area contributed by atoms with Crippen molar-refractivity contribution in [2.75, 3.05) is 5.32 Å². The lowest BCUT2D eigenvalue weighted by molar-refractivity contribution is -0.384. The highest BCUT2D eigenvalue weighted by atomic mass is 35.5. The van der Waals surface area contributed by atoms with Crippen LogP contribution in [0.3, 0.4) is 0 Å². The number of nitro groups is 1. The minimum atomic E-state index is -0.636. The van der Waals surface area contributed by atoms with Crippen LogP contribution >= 0.6 is 23.8 Å². The van der Waals surface area contributed by atoms with Gasteiger partial charge in [-0.1, -0.05) is 17.7 Å². The number of halogens is 1. The van der Waals surface area contributed by atoms with E-state index < -0.39 is 10.8 Å². The van der Waals surface area contributed by atoms with Crippen LogP contribution in [-0.2, 0) is 0 Å². The maximum Gasteiger partial charge on any atom is 0.273 e. The summed E-state index contributed by atoms with van der Waals surface area (Å²) in [6.07, 6.45) is 0. The van der Waals surface area contributed by atoms with E-state index in [4.69, 9.17) is 23.8 Å². The Bertz CT molecular complexity index is 797. The summed E-state index contributed by atoms with van der Waals surface area (Å²) in [6, 6.07) is 9.74. The van der Waals surface area contributed by atoms with Gasteiger partial charge < -0.3 is 10.4 Å². The predicted octanol–water partition coefficient (Wildman–Crippen LogP) is 3.08. The molecule has 0 bridgehead atoms. The summed E-state index contributed by atoms with van der Waals surface area (Å²) in [5.41, 5.74) is 0.184. The Hall–Kier alpha value is -2.71. The van der Waals surface area contributed by atoms with Crippen molar-refractivity contribution in [3.8, 4) is 5.75 Å². The number of nitro benzene ring substituents is 1. The van der Waals surface area contributed by atoms with Gasteiger partial charge in [0.2, 0.25) is 0 Å². The van der Waals surface area contributed by atoms with E-state index in [0.717, 1.165) is 6.07 Å². The first-order valence-corrected chi connectivity index (χ1v) is 7.01. The van der Waals surface area contributed by atoms with Crippen molar-refractivity contribution < 1.29 is 14.8 Å². The second-order valence-corrected chi connectivity index (χ2v) is 5.22. The number of phenolic OH excluding ortho intramolecular Hbond substituents is 1. The van der Waals surface area contributed by atoms with Crippen LogP contribution in [0.2, 0.25) is 5.02 Å². The van der Waals surface area contributed by atoms with Crippen LogP contribution in [-0.4, -0.2) is 21.0 Å². The number of carbonyl (C=O) groups is 1. The van der Waals surface area contributed by atoms with Crippen molar-refractivity contribution in [3.05, 3.63) is 63.2 Å². The second kappa shape index (κ2) is 7.03. The number of phenols is 1. The Morgan fingerprint density at radius 3 is 2.61 bits per heavy atom. The monoisotopic (exact) mass is 351 g/mol. The predicted molar refractivity (Wildman–Crippen MR) is 89.9 cm³/mol. The molecule has 0 aliphatic carbocycles. The van der Waals surface area contributed by atoms with Crippen molar-refractivity contribution in [3.63, 3.8) is 0 Å². The highest BCUT2D eigenvalue weighted by Gasteiger charge is 2.13. The third kappa shape index (κ3) is 4.38. The summed E-state index contributed by atoms with van der Waals surface area (Å²) in [7, 11) is 0. The zero-order valence-corrected chi connectivity index (χ0v) is 13.0. The van der Waals surface area contributed by atoms with Crippen LogP contribution in [0.1, 0.15) is 10.4 Å². The summed E-state index contributed by atoms with van der Waals surface area (Å²) in [5, 5.41) is 25.7. The first-order chi connectivity index (χ1) is 10.9. The Morgan fingerprint density at radius 1 is 1.26 bits per heavy atom. The van der Waals surface area contributed by atoms with Crippen molar-refractivity contribution >= 4 is 46.2 Å². The molecule has 0 fully saturated rings. The normalized spacial score (nSPS) is 9.96. The SMILES string of the molecule is O=C(NC(=S)Nc1ccc([N+](=O)[O-])cc1O)c1cccc(Cl)c1. The summed E-state index contributed by atoms with van der Waals surface area (Å²) in [6.45, 7) is 0. The Labute approximate surface area is 141 Å². The van der Waals surface area contributed by atoms with E-state index in [9.17, 15) is 20.0 Å². The third-order valence-electron chi connectivity index (χ3n) is 2.75. The molecule has 3 N–H and O–H groups in total. The number of non-ortho nitro benzene ring substituents is 1. The van der Waals surface area contributed by atoms with Crippen LogP contribution < -0.4 is 10.6 Å². The minimum Gasteiger partial charge on any atom is -0.506 e. The number of anilines is 1. The second-order valence-electron chi connectivity index (χ2n) is 4.38. The van der Waals surface area contributed by atoms with Gasteiger partial charge in [-0.3, -0.25) is 20.2 Å². The summed E-state index contributed by atoms with van der Waals surface area (Å²) in [5.74, 6) is -0.843. The first kappa shape index (κ1) is 16.7. The van der Waals surface area contributed by atoms with Gasteiger partial charge in [0, 0.05) is 16.7 Å². The van der Waals surface area contributed by atoms with E-state index in [1.165, 1.54) is 18.2 Å². The molecule has 2 rings (SSSR count). The average Bonchev–Trinajstić information content (AvgIpc) is 2.49. The highest BCUT2D eigenvalue weighted by molar-refractivity contribution is 7.80. The topological polar surface area (TPSA) is 104 Å². The molecule has 9 heteroatoms. The molecule has 0 atom stereocenters. The van der Waals surface area contributed by atoms with Gasteiger partial charge in [0.1, 0.15) is 5.75 Å². The molecular weight excluding hydrogens is 342 g/mol. The quantitative estimate of drug-likeness (QED) is 0.340. The van der Waals surface area contributed by atoms with Gasteiger partial charge in [0.05, 0.1) is 16.7 Å². The largest absolute Gasteiger partial charge is 0.506 e. The molecule has 0 aromatic heterocycles. The molecule has 0 spiro atoms. The lowest BCUT2D eigenvalue weighted by Gasteiger charge is -2.10. The zero-order chi connectivity index (χ0) is 17.0. The fourth-order valence-corrected chi connectivity index (χ4v) is 2.09.